The van der Waals surface area contributed by atoms with E-state index in [4.69, 9.17) is 15.0 Å². The SMILES string of the molecule is CCC1(c2ccc(-c3ccc(-c4nc(-c5ccccc5)nc(-c5ccc(C#N)cc5)n4)cc3)c3ccccc23)C[C@H](C)CC[C@H](C)C1. The standard InChI is InChI=1S/C43H40N4/c1-4-43(26-29(2)14-15-30(3)27-43)39-25-24-36(37-12-8-9-13-38(37)39)32-20-22-35(23-21-32)42-46-40(33-10-6-5-7-11-33)45-41(47-42)34-18-16-31(28-44)17-19-34/h5-13,16-25,29-30H,4,14-15,26-27H2,1-3H3/t29-,30+,43?. The number of nitriles is 1. The van der Waals surface area contributed by atoms with Gasteiger partial charge in [-0.05, 0) is 88.2 Å². The maximum atomic E-state index is 9.28. The minimum Gasteiger partial charge on any atom is -0.208 e. The molecule has 0 bridgehead atoms. The fourth-order valence-electron chi connectivity index (χ4n) is 7.75. The van der Waals surface area contributed by atoms with E-state index in [1.807, 2.05) is 42.5 Å². The summed E-state index contributed by atoms with van der Waals surface area (Å²) in [6.45, 7) is 7.29. The van der Waals surface area contributed by atoms with Crippen molar-refractivity contribution in [2.45, 2.75) is 58.3 Å². The summed E-state index contributed by atoms with van der Waals surface area (Å²) in [7, 11) is 0. The van der Waals surface area contributed by atoms with Gasteiger partial charge < -0.3 is 0 Å². The molecule has 1 heterocycles. The summed E-state index contributed by atoms with van der Waals surface area (Å²) in [5, 5.41) is 12.0. The van der Waals surface area contributed by atoms with Crippen molar-refractivity contribution in [3.05, 3.63) is 126 Å². The van der Waals surface area contributed by atoms with E-state index in [1.165, 1.54) is 59.6 Å². The second-order valence-electron chi connectivity index (χ2n) is 13.5. The van der Waals surface area contributed by atoms with E-state index in [0.29, 0.717) is 23.0 Å². The number of nitrogens with zero attached hydrogens (tertiary/aromatic N) is 4. The van der Waals surface area contributed by atoms with Crippen molar-refractivity contribution in [3.63, 3.8) is 0 Å². The van der Waals surface area contributed by atoms with Crippen LogP contribution in [0.5, 0.6) is 0 Å². The van der Waals surface area contributed by atoms with E-state index in [0.717, 1.165) is 28.5 Å². The molecule has 1 unspecified atom stereocenters. The van der Waals surface area contributed by atoms with Gasteiger partial charge in [0.15, 0.2) is 17.5 Å². The number of hydrogen-bond acceptors (Lipinski definition) is 4. The Morgan fingerprint density at radius 2 is 1.09 bits per heavy atom. The first-order valence-corrected chi connectivity index (χ1v) is 16.9. The van der Waals surface area contributed by atoms with Crippen molar-refractivity contribution in [2.24, 2.45) is 11.8 Å². The molecule has 1 aromatic heterocycles. The van der Waals surface area contributed by atoms with Crippen molar-refractivity contribution in [1.29, 1.82) is 5.26 Å². The van der Waals surface area contributed by atoms with Crippen LogP contribution in [0, 0.1) is 23.2 Å². The Bertz CT molecular complexity index is 2050. The number of hydrogen-bond donors (Lipinski definition) is 0. The second kappa shape index (κ2) is 12.9. The average molecular weight is 613 g/mol. The summed E-state index contributed by atoms with van der Waals surface area (Å²) in [5.74, 6) is 3.29. The molecule has 1 aliphatic rings. The molecule has 0 N–H and O–H groups in total. The van der Waals surface area contributed by atoms with Crippen LogP contribution >= 0.6 is 0 Å². The van der Waals surface area contributed by atoms with E-state index in [1.54, 1.807) is 12.1 Å². The summed E-state index contributed by atoms with van der Waals surface area (Å²) >= 11 is 0. The molecule has 1 aliphatic carbocycles. The van der Waals surface area contributed by atoms with Crippen molar-refractivity contribution >= 4 is 10.8 Å². The van der Waals surface area contributed by atoms with Gasteiger partial charge in [-0.3, -0.25) is 0 Å². The van der Waals surface area contributed by atoms with Crippen LogP contribution < -0.4 is 0 Å². The first kappa shape index (κ1) is 30.5. The van der Waals surface area contributed by atoms with Gasteiger partial charge in [-0.2, -0.15) is 5.26 Å². The number of rotatable bonds is 6. The Morgan fingerprint density at radius 1 is 0.596 bits per heavy atom. The van der Waals surface area contributed by atoms with Gasteiger partial charge in [0.05, 0.1) is 11.6 Å². The molecule has 0 spiro atoms. The summed E-state index contributed by atoms with van der Waals surface area (Å²) in [6, 6.07) is 41.9. The molecule has 1 fully saturated rings. The molecule has 4 nitrogen and oxygen atoms in total. The van der Waals surface area contributed by atoms with Crippen molar-refractivity contribution in [1.82, 2.24) is 15.0 Å². The molecule has 0 radical (unpaired) electrons. The second-order valence-corrected chi connectivity index (χ2v) is 13.5. The zero-order chi connectivity index (χ0) is 32.4. The highest BCUT2D eigenvalue weighted by Gasteiger charge is 2.37. The topological polar surface area (TPSA) is 62.5 Å². The highest BCUT2D eigenvalue weighted by molar-refractivity contribution is 5.99. The average Bonchev–Trinajstić information content (AvgIpc) is 3.28. The molecule has 1 saturated carbocycles. The first-order valence-electron chi connectivity index (χ1n) is 16.9. The lowest BCUT2D eigenvalue weighted by Crippen LogP contribution is -2.28. The molecule has 5 aromatic carbocycles. The Kier molecular flexibility index (Phi) is 8.39. The van der Waals surface area contributed by atoms with Crippen LogP contribution in [0.15, 0.2) is 115 Å². The van der Waals surface area contributed by atoms with Gasteiger partial charge >= 0.3 is 0 Å². The quantitative estimate of drug-likeness (QED) is 0.176. The normalized spacial score (nSPS) is 19.6. The monoisotopic (exact) mass is 612 g/mol. The third-order valence-corrected chi connectivity index (χ3v) is 10.2. The zero-order valence-corrected chi connectivity index (χ0v) is 27.4. The summed E-state index contributed by atoms with van der Waals surface area (Å²) in [4.78, 5) is 14.6. The fourth-order valence-corrected chi connectivity index (χ4v) is 7.75. The summed E-state index contributed by atoms with van der Waals surface area (Å²) in [5.41, 5.74) is 7.45. The van der Waals surface area contributed by atoms with Crippen LogP contribution in [-0.4, -0.2) is 15.0 Å². The Hall–Kier alpha value is -5.14. The Labute approximate surface area is 278 Å². The molecule has 3 atom stereocenters. The third kappa shape index (κ3) is 6.07. The van der Waals surface area contributed by atoms with Gasteiger partial charge in [-0.15, -0.1) is 0 Å². The number of fused-ring (bicyclic) bond motifs is 1. The number of benzene rings is 5. The third-order valence-electron chi connectivity index (χ3n) is 10.2. The molecular weight excluding hydrogens is 573 g/mol. The van der Waals surface area contributed by atoms with Gasteiger partial charge in [0.2, 0.25) is 0 Å². The van der Waals surface area contributed by atoms with E-state index < -0.39 is 0 Å². The summed E-state index contributed by atoms with van der Waals surface area (Å²) in [6.07, 6.45) is 6.34. The molecule has 232 valence electrons. The van der Waals surface area contributed by atoms with Crippen LogP contribution in [0.1, 0.15) is 64.0 Å². The van der Waals surface area contributed by atoms with Crippen LogP contribution in [0.3, 0.4) is 0 Å². The van der Waals surface area contributed by atoms with Gasteiger partial charge in [0.1, 0.15) is 0 Å². The van der Waals surface area contributed by atoms with Crippen LogP contribution in [0.4, 0.5) is 0 Å². The first-order chi connectivity index (χ1) is 23.0. The predicted molar refractivity (Wildman–Crippen MR) is 193 cm³/mol. The fraction of sp³-hybridized carbons (Fsp3) is 0.256. The maximum Gasteiger partial charge on any atom is 0.164 e. The van der Waals surface area contributed by atoms with Crippen LogP contribution in [-0.2, 0) is 5.41 Å². The lowest BCUT2D eigenvalue weighted by Gasteiger charge is -2.37. The minimum absolute atomic E-state index is 0.207. The molecule has 0 aliphatic heterocycles. The van der Waals surface area contributed by atoms with Gasteiger partial charge in [-0.25, -0.2) is 15.0 Å². The van der Waals surface area contributed by atoms with E-state index in [2.05, 4.69) is 87.5 Å². The molecular formula is C43H40N4. The van der Waals surface area contributed by atoms with Gasteiger partial charge in [-0.1, -0.05) is 125 Å². The summed E-state index contributed by atoms with van der Waals surface area (Å²) < 4.78 is 0. The van der Waals surface area contributed by atoms with Crippen molar-refractivity contribution < 1.29 is 0 Å². The highest BCUT2D eigenvalue weighted by atomic mass is 15.0. The van der Waals surface area contributed by atoms with Crippen LogP contribution in [0.2, 0.25) is 0 Å². The van der Waals surface area contributed by atoms with Gasteiger partial charge in [0.25, 0.3) is 0 Å². The van der Waals surface area contributed by atoms with E-state index >= 15 is 0 Å². The molecule has 0 saturated heterocycles. The largest absolute Gasteiger partial charge is 0.208 e. The molecule has 4 heteroatoms. The smallest absolute Gasteiger partial charge is 0.164 e. The zero-order valence-electron chi connectivity index (χ0n) is 27.4. The van der Waals surface area contributed by atoms with Crippen molar-refractivity contribution in [3.8, 4) is 51.4 Å². The van der Waals surface area contributed by atoms with Gasteiger partial charge in [0, 0.05) is 16.7 Å². The highest BCUT2D eigenvalue weighted by Crippen LogP contribution is 2.48. The minimum atomic E-state index is 0.207. The molecule has 7 rings (SSSR count). The van der Waals surface area contributed by atoms with E-state index in [-0.39, 0.29) is 5.41 Å². The van der Waals surface area contributed by atoms with Crippen molar-refractivity contribution in [2.75, 3.05) is 0 Å². The maximum absolute atomic E-state index is 9.28. The molecule has 47 heavy (non-hydrogen) atoms. The number of aromatic nitrogens is 3. The molecule has 0 amide bonds. The lowest BCUT2D eigenvalue weighted by atomic mass is 9.67. The van der Waals surface area contributed by atoms with Crippen LogP contribution in [0.25, 0.3) is 56.1 Å². The predicted octanol–water partition coefficient (Wildman–Crippen LogP) is 11.1. The Balaban J connectivity index is 1.29. The van der Waals surface area contributed by atoms with E-state index in [9.17, 15) is 5.26 Å². The lowest BCUT2D eigenvalue weighted by molar-refractivity contribution is 0.297. The molecule has 6 aromatic rings. The Morgan fingerprint density at radius 3 is 1.64 bits per heavy atom.